The quantitative estimate of drug-likeness (QED) is 0.218. The van der Waals surface area contributed by atoms with E-state index in [0.29, 0.717) is 37.3 Å². The second-order valence-corrected chi connectivity index (χ2v) is 11.8. The maximum Gasteiger partial charge on any atom is 0.268 e. The van der Waals surface area contributed by atoms with Gasteiger partial charge in [-0.2, -0.15) is 5.26 Å². The van der Waals surface area contributed by atoms with Gasteiger partial charge in [0, 0.05) is 41.8 Å². The number of carbonyl (C=O) groups excluding carboxylic acids is 3. The van der Waals surface area contributed by atoms with Crippen molar-refractivity contribution in [2.45, 2.75) is 70.1 Å². The molecule has 11 nitrogen and oxygen atoms in total. The molecule has 11 heteroatoms. The van der Waals surface area contributed by atoms with Crippen LogP contribution < -0.4 is 26.0 Å². The number of carbonyl (C=O) groups is 3. The number of methoxy groups -OCH3 is 1. The van der Waals surface area contributed by atoms with Gasteiger partial charge in [0.05, 0.1) is 19.2 Å². The van der Waals surface area contributed by atoms with Gasteiger partial charge in [-0.1, -0.05) is 19.9 Å². The first-order chi connectivity index (χ1) is 20.8. The molecule has 5 atom stereocenters. The predicted octanol–water partition coefficient (Wildman–Crippen LogP) is 2.90. The van der Waals surface area contributed by atoms with Crippen LogP contribution in [0.3, 0.4) is 0 Å². The van der Waals surface area contributed by atoms with Gasteiger partial charge in [0.1, 0.15) is 23.5 Å². The molecule has 0 spiro atoms. The molecule has 226 valence electrons. The normalized spacial score (nSPS) is 19.7. The highest BCUT2D eigenvalue weighted by Crippen LogP contribution is 2.31. The lowest BCUT2D eigenvalue weighted by Crippen LogP contribution is -2.56. The highest BCUT2D eigenvalue weighted by Gasteiger charge is 2.36. The molecule has 43 heavy (non-hydrogen) atoms. The molecule has 2 aliphatic rings. The van der Waals surface area contributed by atoms with E-state index in [4.69, 9.17) is 4.74 Å². The second kappa shape index (κ2) is 13.3. The fourth-order valence-corrected chi connectivity index (χ4v) is 6.17. The second-order valence-electron chi connectivity index (χ2n) is 11.8. The van der Waals surface area contributed by atoms with E-state index < -0.39 is 29.9 Å². The van der Waals surface area contributed by atoms with Crippen LogP contribution in [0.15, 0.2) is 42.7 Å². The lowest BCUT2D eigenvalue weighted by atomic mass is 9.92. The number of aromatic amines is 1. The van der Waals surface area contributed by atoms with Crippen LogP contribution in [0.5, 0.6) is 5.75 Å². The molecule has 1 unspecified atom stereocenters. The summed E-state index contributed by atoms with van der Waals surface area (Å²) in [4.78, 5) is 47.1. The molecule has 3 amide bonds. The number of aryl methyl sites for hydroxylation is 1. The topological polar surface area (TPSA) is 161 Å². The Morgan fingerprint density at radius 1 is 1.21 bits per heavy atom. The van der Waals surface area contributed by atoms with Crippen LogP contribution in [0, 0.1) is 23.2 Å². The van der Waals surface area contributed by atoms with E-state index in [1.54, 1.807) is 19.4 Å². The number of rotatable bonds is 12. The number of nitrogens with zero attached hydrogens (tertiary/aromatic N) is 2. The van der Waals surface area contributed by atoms with Crippen LogP contribution in [0.1, 0.15) is 67.2 Å². The molecule has 1 aliphatic carbocycles. The van der Waals surface area contributed by atoms with Crippen LogP contribution in [-0.2, 0) is 16.0 Å². The van der Waals surface area contributed by atoms with Crippen molar-refractivity contribution in [1.29, 1.82) is 5.26 Å². The Balaban J connectivity index is 1.35. The summed E-state index contributed by atoms with van der Waals surface area (Å²) in [5.41, 5.74) is 3.29. The van der Waals surface area contributed by atoms with Crippen molar-refractivity contribution in [1.82, 2.24) is 31.2 Å². The van der Waals surface area contributed by atoms with E-state index in [1.807, 2.05) is 44.3 Å². The van der Waals surface area contributed by atoms with Gasteiger partial charge in [-0.05, 0) is 73.4 Å². The number of hydrogen-bond acceptors (Lipinski definition) is 7. The molecular weight excluding hydrogens is 546 g/mol. The first-order valence-electron chi connectivity index (χ1n) is 14.9. The van der Waals surface area contributed by atoms with Crippen molar-refractivity contribution in [3.05, 3.63) is 59.5 Å². The van der Waals surface area contributed by atoms with Crippen LogP contribution in [0.4, 0.5) is 0 Å². The predicted molar refractivity (Wildman–Crippen MR) is 161 cm³/mol. The van der Waals surface area contributed by atoms with Crippen molar-refractivity contribution >= 4 is 28.6 Å². The number of benzene rings is 1. The molecule has 5 rings (SSSR count). The summed E-state index contributed by atoms with van der Waals surface area (Å²) in [6.45, 7) is 4.52. The summed E-state index contributed by atoms with van der Waals surface area (Å²) in [6, 6.07) is 9.19. The molecule has 0 radical (unpaired) electrons. The Bertz CT molecular complexity index is 1530. The number of nitriles is 1. The highest BCUT2D eigenvalue weighted by atomic mass is 16.5. The number of nitrogens with one attached hydrogen (secondary N) is 5. The summed E-state index contributed by atoms with van der Waals surface area (Å²) in [6.07, 6.45) is 6.60. The molecule has 5 N–H and O–H groups in total. The molecule has 1 aromatic carbocycles. The van der Waals surface area contributed by atoms with Crippen molar-refractivity contribution < 1.29 is 19.1 Å². The molecule has 1 fully saturated rings. The van der Waals surface area contributed by atoms with E-state index >= 15 is 0 Å². The largest absolute Gasteiger partial charge is 0.496 e. The molecule has 3 heterocycles. The van der Waals surface area contributed by atoms with Gasteiger partial charge in [-0.25, -0.2) is 0 Å². The monoisotopic (exact) mass is 585 g/mol. The van der Waals surface area contributed by atoms with Crippen molar-refractivity contribution in [3.8, 4) is 11.8 Å². The Labute approximate surface area is 251 Å². The van der Waals surface area contributed by atoms with Crippen LogP contribution >= 0.6 is 0 Å². The van der Waals surface area contributed by atoms with E-state index in [-0.39, 0.29) is 23.8 Å². The van der Waals surface area contributed by atoms with Gasteiger partial charge in [0.25, 0.3) is 5.91 Å². The number of amides is 3. The van der Waals surface area contributed by atoms with Crippen LogP contribution in [0.2, 0.25) is 0 Å². The zero-order valence-electron chi connectivity index (χ0n) is 24.8. The van der Waals surface area contributed by atoms with E-state index in [1.165, 1.54) is 5.56 Å². The van der Waals surface area contributed by atoms with E-state index in [2.05, 4.69) is 37.3 Å². The van der Waals surface area contributed by atoms with E-state index in [9.17, 15) is 19.6 Å². The number of aromatic nitrogens is 2. The lowest BCUT2D eigenvalue weighted by molar-refractivity contribution is -0.126. The number of fused-ring (bicyclic) bond motifs is 2. The maximum absolute atomic E-state index is 13.8. The zero-order chi connectivity index (χ0) is 30.5. The van der Waals surface area contributed by atoms with Gasteiger partial charge in [0.2, 0.25) is 11.8 Å². The fourth-order valence-electron chi connectivity index (χ4n) is 6.17. The summed E-state index contributed by atoms with van der Waals surface area (Å²) in [5, 5.41) is 23.3. The van der Waals surface area contributed by atoms with Crippen LogP contribution in [0.25, 0.3) is 10.9 Å². The maximum atomic E-state index is 13.8. The van der Waals surface area contributed by atoms with Crippen molar-refractivity contribution in [2.75, 3.05) is 13.7 Å². The van der Waals surface area contributed by atoms with Gasteiger partial charge in [0.15, 0.2) is 0 Å². The van der Waals surface area contributed by atoms with Crippen LogP contribution in [-0.4, -0.2) is 59.5 Å². The summed E-state index contributed by atoms with van der Waals surface area (Å²) in [5.74, 6) is -0.470. The first kappa shape index (κ1) is 30.0. The Kier molecular flexibility index (Phi) is 9.26. The Morgan fingerprint density at radius 3 is 2.77 bits per heavy atom. The minimum absolute atomic E-state index is 0.0763. The summed E-state index contributed by atoms with van der Waals surface area (Å²) >= 11 is 0. The molecule has 0 saturated carbocycles. The average molecular weight is 586 g/mol. The Morgan fingerprint density at radius 2 is 2.05 bits per heavy atom. The molecular formula is C32H39N7O4. The van der Waals surface area contributed by atoms with Gasteiger partial charge in [-0.3, -0.25) is 24.7 Å². The number of pyridine rings is 1. The minimum atomic E-state index is -0.850. The third-order valence-electron chi connectivity index (χ3n) is 8.39. The van der Waals surface area contributed by atoms with Gasteiger partial charge in [-0.15, -0.1) is 0 Å². The molecule has 2 aromatic heterocycles. The van der Waals surface area contributed by atoms with Crippen molar-refractivity contribution in [2.24, 2.45) is 11.8 Å². The minimum Gasteiger partial charge on any atom is -0.496 e. The molecule has 0 bridgehead atoms. The smallest absolute Gasteiger partial charge is 0.268 e. The zero-order valence-corrected chi connectivity index (χ0v) is 24.8. The molecule has 1 aliphatic heterocycles. The average Bonchev–Trinajstić information content (AvgIpc) is 3.73. The Hall–Kier alpha value is -4.43. The van der Waals surface area contributed by atoms with Gasteiger partial charge < -0.3 is 25.7 Å². The first-order valence-corrected chi connectivity index (χ1v) is 14.9. The van der Waals surface area contributed by atoms with Gasteiger partial charge >= 0.3 is 0 Å². The molecule has 3 aromatic rings. The number of hydrogen-bond donors (Lipinski definition) is 5. The number of H-pyrrole nitrogens is 1. The fraction of sp³-hybridized carbons (Fsp3) is 0.469. The standard InChI is InChI=1S/C32H39N7O4/c1-18(2)13-26(39-32(42)27-15-21-23(36-27)5-4-6-29(21)43-3)31(41)38-25(14-20-10-12-35-30(20)40)28(16-33)37-24-8-7-19-9-11-34-17-22(19)24/h4-6,9,11,15,17-18,20,24-26,28,36-37H,7-8,10,12-14H2,1-3H3,(H,35,40)(H,38,41)(H,39,42)/t20-,24-,25-,26-,28?/m0/s1. The summed E-state index contributed by atoms with van der Waals surface area (Å²) < 4.78 is 5.42. The third kappa shape index (κ3) is 6.81. The third-order valence-corrected chi connectivity index (χ3v) is 8.39. The highest BCUT2D eigenvalue weighted by molar-refractivity contribution is 6.01. The summed E-state index contributed by atoms with van der Waals surface area (Å²) in [7, 11) is 1.57. The SMILES string of the molecule is COc1cccc2[nH]c(C(=O)N[C@@H](CC(C)C)C(=O)N[C@@H](C[C@@H]3CCNC3=O)C(C#N)N[C@H]3CCc4ccncc43)cc12. The van der Waals surface area contributed by atoms with E-state index in [0.717, 1.165) is 29.3 Å². The lowest BCUT2D eigenvalue weighted by Gasteiger charge is -2.30. The number of ether oxygens (including phenoxy) is 1. The van der Waals surface area contributed by atoms with Crippen molar-refractivity contribution in [3.63, 3.8) is 0 Å². The molecule has 1 saturated heterocycles.